The Balaban J connectivity index is 1.50. The number of nitrogens with one attached hydrogen (secondary N) is 1. The molecule has 3 heterocycles. The number of anilines is 1. The quantitative estimate of drug-likeness (QED) is 0.814. The van der Waals surface area contributed by atoms with Crippen molar-refractivity contribution in [3.8, 4) is 11.5 Å². The van der Waals surface area contributed by atoms with Crippen molar-refractivity contribution in [1.82, 2.24) is 9.80 Å². The van der Waals surface area contributed by atoms with E-state index in [1.807, 2.05) is 11.1 Å². The van der Waals surface area contributed by atoms with Gasteiger partial charge in [-0.05, 0) is 18.2 Å². The Morgan fingerprint density at radius 1 is 1.14 bits per heavy atom. The van der Waals surface area contributed by atoms with Gasteiger partial charge in [0.25, 0.3) is 11.8 Å². The number of piperazine rings is 1. The fraction of sp³-hybridized carbons (Fsp3) is 0.300. The summed E-state index contributed by atoms with van der Waals surface area (Å²) < 4.78 is 15.8. The third kappa shape index (κ3) is 3.17. The molecule has 0 radical (unpaired) electrons. The van der Waals surface area contributed by atoms with Crippen molar-refractivity contribution in [3.63, 3.8) is 0 Å². The Kier molecular flexibility index (Phi) is 4.68. The zero-order valence-electron chi connectivity index (χ0n) is 15.7. The van der Waals surface area contributed by atoms with Crippen LogP contribution < -0.4 is 14.8 Å². The minimum Gasteiger partial charge on any atom is -0.493 e. The molecular weight excluding hydrogens is 362 g/mol. The maximum atomic E-state index is 12.5. The van der Waals surface area contributed by atoms with Crippen LogP contribution in [0.2, 0.25) is 0 Å². The number of carbonyl (C=O) groups excluding carboxylic acids is 2. The molecule has 4 rings (SSSR count). The van der Waals surface area contributed by atoms with E-state index in [9.17, 15) is 9.59 Å². The molecule has 146 valence electrons. The van der Waals surface area contributed by atoms with E-state index in [2.05, 4.69) is 5.32 Å². The van der Waals surface area contributed by atoms with Gasteiger partial charge in [-0.25, -0.2) is 0 Å². The third-order valence-electron chi connectivity index (χ3n) is 4.95. The first kappa shape index (κ1) is 18.0. The number of hydrogen-bond acceptors (Lipinski definition) is 6. The van der Waals surface area contributed by atoms with Crippen LogP contribution in [0.1, 0.15) is 16.1 Å². The van der Waals surface area contributed by atoms with Gasteiger partial charge < -0.3 is 29.0 Å². The van der Waals surface area contributed by atoms with Crippen LogP contribution in [0.3, 0.4) is 0 Å². The first-order chi connectivity index (χ1) is 13.6. The van der Waals surface area contributed by atoms with Gasteiger partial charge in [0.1, 0.15) is 0 Å². The first-order valence-electron chi connectivity index (χ1n) is 8.97. The summed E-state index contributed by atoms with van der Waals surface area (Å²) in [6, 6.07) is 6.92. The first-order valence-corrected chi connectivity index (χ1v) is 8.97. The zero-order valence-corrected chi connectivity index (χ0v) is 15.7. The molecule has 1 N–H and O–H groups in total. The summed E-state index contributed by atoms with van der Waals surface area (Å²) in [6.45, 7) is 2.38. The van der Waals surface area contributed by atoms with Gasteiger partial charge in [-0.2, -0.15) is 0 Å². The molecule has 1 saturated heterocycles. The lowest BCUT2D eigenvalue weighted by Crippen LogP contribution is -2.46. The largest absolute Gasteiger partial charge is 0.493 e. The highest BCUT2D eigenvalue weighted by molar-refractivity contribution is 6.31. The van der Waals surface area contributed by atoms with E-state index in [0.29, 0.717) is 54.7 Å². The molecule has 8 nitrogen and oxygen atoms in total. The summed E-state index contributed by atoms with van der Waals surface area (Å²) >= 11 is 0. The van der Waals surface area contributed by atoms with E-state index in [0.717, 1.165) is 5.56 Å². The van der Waals surface area contributed by atoms with Gasteiger partial charge in [-0.3, -0.25) is 9.59 Å². The number of methoxy groups -OCH3 is 2. The van der Waals surface area contributed by atoms with Gasteiger partial charge in [-0.1, -0.05) is 0 Å². The van der Waals surface area contributed by atoms with E-state index in [1.165, 1.54) is 6.26 Å². The molecular formula is C20H21N3O5. The summed E-state index contributed by atoms with van der Waals surface area (Å²) in [4.78, 5) is 28.6. The summed E-state index contributed by atoms with van der Waals surface area (Å²) in [7, 11) is 3.12. The van der Waals surface area contributed by atoms with Crippen LogP contribution in [0.25, 0.3) is 5.57 Å². The number of carbonyl (C=O) groups is 2. The van der Waals surface area contributed by atoms with Gasteiger partial charge >= 0.3 is 0 Å². The molecule has 0 aliphatic carbocycles. The summed E-state index contributed by atoms with van der Waals surface area (Å²) in [6.07, 6.45) is 3.34. The molecule has 1 fully saturated rings. The smallest absolute Gasteiger partial charge is 0.289 e. The molecule has 0 unspecified atom stereocenters. The van der Waals surface area contributed by atoms with Crippen LogP contribution in [0.5, 0.6) is 11.5 Å². The van der Waals surface area contributed by atoms with Crippen LogP contribution >= 0.6 is 0 Å². The second kappa shape index (κ2) is 7.30. The fourth-order valence-electron chi connectivity index (χ4n) is 3.44. The minimum atomic E-state index is -0.167. The Morgan fingerprint density at radius 3 is 2.50 bits per heavy atom. The minimum absolute atomic E-state index is 0.113. The topological polar surface area (TPSA) is 84.2 Å². The average molecular weight is 383 g/mol. The molecule has 0 atom stereocenters. The van der Waals surface area contributed by atoms with Crippen LogP contribution in [0, 0.1) is 0 Å². The number of amides is 2. The molecule has 0 saturated carbocycles. The number of rotatable bonds is 4. The van der Waals surface area contributed by atoms with Gasteiger partial charge in [0.05, 0.1) is 31.7 Å². The van der Waals surface area contributed by atoms with Crippen molar-refractivity contribution in [1.29, 1.82) is 0 Å². The third-order valence-corrected chi connectivity index (χ3v) is 4.95. The van der Waals surface area contributed by atoms with E-state index in [-0.39, 0.29) is 11.8 Å². The summed E-state index contributed by atoms with van der Waals surface area (Å²) in [5.41, 5.74) is 2.04. The number of ether oxygens (including phenoxy) is 2. The molecule has 8 heteroatoms. The van der Waals surface area contributed by atoms with E-state index in [1.54, 1.807) is 43.4 Å². The molecule has 0 spiro atoms. The SMILES string of the molecule is COc1cc2c(cc1OC)/C(=C/N1CCN(C(=O)c3ccco3)CC1)C(=O)N2. The molecule has 28 heavy (non-hydrogen) atoms. The number of benzene rings is 1. The van der Waals surface area contributed by atoms with Crippen LogP contribution in [-0.4, -0.2) is 62.0 Å². The van der Waals surface area contributed by atoms with Crippen molar-refractivity contribution in [3.05, 3.63) is 48.1 Å². The predicted octanol–water partition coefficient (Wildman–Crippen LogP) is 2.05. The van der Waals surface area contributed by atoms with Gasteiger partial charge in [-0.15, -0.1) is 0 Å². The average Bonchev–Trinajstić information content (AvgIpc) is 3.35. The summed E-state index contributed by atoms with van der Waals surface area (Å²) in [5.74, 6) is 1.19. The lowest BCUT2D eigenvalue weighted by molar-refractivity contribution is -0.110. The van der Waals surface area contributed by atoms with Crippen LogP contribution in [0.4, 0.5) is 5.69 Å². The van der Waals surface area contributed by atoms with Gasteiger partial charge in [0, 0.05) is 44.0 Å². The lowest BCUT2D eigenvalue weighted by atomic mass is 10.1. The van der Waals surface area contributed by atoms with E-state index >= 15 is 0 Å². The van der Waals surface area contributed by atoms with Crippen LogP contribution in [0.15, 0.2) is 41.1 Å². The van der Waals surface area contributed by atoms with Crippen molar-refractivity contribution < 1.29 is 23.5 Å². The van der Waals surface area contributed by atoms with Crippen molar-refractivity contribution in [2.75, 3.05) is 45.7 Å². The number of hydrogen-bond donors (Lipinski definition) is 1. The van der Waals surface area contributed by atoms with Crippen molar-refractivity contribution in [2.24, 2.45) is 0 Å². The second-order valence-corrected chi connectivity index (χ2v) is 6.56. The monoisotopic (exact) mass is 383 g/mol. The maximum absolute atomic E-state index is 12.5. The van der Waals surface area contributed by atoms with Crippen molar-refractivity contribution >= 4 is 23.1 Å². The van der Waals surface area contributed by atoms with Gasteiger partial charge in [0.2, 0.25) is 0 Å². The number of nitrogens with zero attached hydrogens (tertiary/aromatic N) is 2. The highest BCUT2D eigenvalue weighted by Gasteiger charge is 2.29. The highest BCUT2D eigenvalue weighted by atomic mass is 16.5. The second-order valence-electron chi connectivity index (χ2n) is 6.56. The fourth-order valence-corrected chi connectivity index (χ4v) is 3.44. The Morgan fingerprint density at radius 2 is 1.86 bits per heavy atom. The zero-order chi connectivity index (χ0) is 19.7. The lowest BCUT2D eigenvalue weighted by Gasteiger charge is -2.33. The normalized spacial score (nSPS) is 17.5. The van der Waals surface area contributed by atoms with Crippen molar-refractivity contribution in [2.45, 2.75) is 0 Å². The Hall–Kier alpha value is -3.42. The van der Waals surface area contributed by atoms with E-state index < -0.39 is 0 Å². The summed E-state index contributed by atoms with van der Waals surface area (Å²) in [5, 5.41) is 2.86. The molecule has 2 aromatic rings. The maximum Gasteiger partial charge on any atom is 0.289 e. The van der Waals surface area contributed by atoms with E-state index in [4.69, 9.17) is 13.9 Å². The Bertz CT molecular complexity index is 928. The van der Waals surface area contributed by atoms with Gasteiger partial charge in [0.15, 0.2) is 17.3 Å². The standard InChI is InChI=1S/C20H21N3O5/c1-26-17-10-13-14(19(24)21-15(13)11-18(17)27-2)12-22-5-7-23(8-6-22)20(25)16-4-3-9-28-16/h3-4,9-12H,5-8H2,1-2H3,(H,21,24)/b14-12-. The molecule has 1 aromatic heterocycles. The number of fused-ring (bicyclic) bond motifs is 1. The predicted molar refractivity (Wildman–Crippen MR) is 102 cm³/mol. The molecule has 2 amide bonds. The molecule has 1 aromatic carbocycles. The molecule has 2 aliphatic rings. The van der Waals surface area contributed by atoms with Crippen LogP contribution in [-0.2, 0) is 4.79 Å². The Labute approximate surface area is 162 Å². The molecule has 0 bridgehead atoms. The molecule has 2 aliphatic heterocycles. The number of furan rings is 1. The highest BCUT2D eigenvalue weighted by Crippen LogP contribution is 2.40.